The number of aromatic nitrogens is 1. The minimum absolute atomic E-state index is 0.327. The third-order valence-electron chi connectivity index (χ3n) is 2.18. The molecule has 0 aromatic carbocycles. The first-order valence-electron chi connectivity index (χ1n) is 4.27. The van der Waals surface area contributed by atoms with Crippen LogP contribution in [0.25, 0.3) is 0 Å². The van der Waals surface area contributed by atoms with Gasteiger partial charge < -0.3 is 0 Å². The van der Waals surface area contributed by atoms with Crippen LogP contribution in [0.15, 0.2) is 23.3 Å². The van der Waals surface area contributed by atoms with Gasteiger partial charge in [-0.2, -0.15) is 0 Å². The van der Waals surface area contributed by atoms with E-state index < -0.39 is 0 Å². The normalized spacial score (nSPS) is 20.1. The van der Waals surface area contributed by atoms with Crippen LogP contribution in [-0.2, 0) is 0 Å². The van der Waals surface area contributed by atoms with Gasteiger partial charge in [-0.05, 0) is 12.0 Å². The average molecular weight is 160 g/mol. The second-order valence-electron chi connectivity index (χ2n) is 3.44. The molecule has 1 aliphatic rings. The molecule has 0 spiro atoms. The van der Waals surface area contributed by atoms with Gasteiger partial charge in [0.15, 0.2) is 0 Å². The molecular weight excluding hydrogens is 148 g/mol. The van der Waals surface area contributed by atoms with Gasteiger partial charge >= 0.3 is 0 Å². The molecule has 1 atom stereocenters. The van der Waals surface area contributed by atoms with E-state index in [1.807, 2.05) is 18.5 Å². The average Bonchev–Trinajstić information content (AvgIpc) is 2.47. The molecule has 1 aromatic heterocycles. The fourth-order valence-electron chi connectivity index (χ4n) is 1.55. The van der Waals surface area contributed by atoms with E-state index >= 15 is 0 Å². The summed E-state index contributed by atoms with van der Waals surface area (Å²) >= 11 is 0. The number of pyridine rings is 1. The Morgan fingerprint density at radius 3 is 3.00 bits per heavy atom. The zero-order valence-corrected chi connectivity index (χ0v) is 7.36. The quantitative estimate of drug-likeness (QED) is 0.618. The first kappa shape index (κ1) is 7.47. The van der Waals surface area contributed by atoms with Crippen LogP contribution in [0.4, 0.5) is 0 Å². The summed E-state index contributed by atoms with van der Waals surface area (Å²) < 4.78 is 0. The lowest BCUT2D eigenvalue weighted by molar-refractivity contribution is 0.524. The van der Waals surface area contributed by atoms with Gasteiger partial charge in [0.2, 0.25) is 0 Å². The molecule has 0 N–H and O–H groups in total. The Labute approximate surface area is 72.4 Å². The van der Waals surface area contributed by atoms with E-state index in [0.717, 1.165) is 5.69 Å². The predicted molar refractivity (Wildman–Crippen MR) is 49.4 cm³/mol. The Hall–Kier alpha value is -1.18. The van der Waals surface area contributed by atoms with Gasteiger partial charge in [-0.3, -0.25) is 9.98 Å². The summed E-state index contributed by atoms with van der Waals surface area (Å²) in [4.78, 5) is 8.66. The van der Waals surface area contributed by atoms with E-state index in [0.29, 0.717) is 12.0 Å². The maximum absolute atomic E-state index is 4.42. The standard InChI is InChI=1S/C10H12N2/c1-7(2)10-8-4-3-5-11-9(8)6-12-10/h3-7,10H,1-2H3. The minimum Gasteiger partial charge on any atom is -0.282 e. The Kier molecular flexibility index (Phi) is 1.68. The molecule has 1 aromatic rings. The van der Waals surface area contributed by atoms with Crippen molar-refractivity contribution in [3.8, 4) is 0 Å². The highest BCUT2D eigenvalue weighted by Crippen LogP contribution is 2.30. The summed E-state index contributed by atoms with van der Waals surface area (Å²) in [5, 5.41) is 0. The van der Waals surface area contributed by atoms with Gasteiger partial charge in [0.05, 0.1) is 11.7 Å². The van der Waals surface area contributed by atoms with E-state index in [9.17, 15) is 0 Å². The maximum Gasteiger partial charge on any atom is 0.0861 e. The van der Waals surface area contributed by atoms with Gasteiger partial charge in [-0.25, -0.2) is 0 Å². The van der Waals surface area contributed by atoms with Crippen molar-refractivity contribution >= 4 is 6.21 Å². The highest BCUT2D eigenvalue weighted by atomic mass is 14.9. The Balaban J connectivity index is 2.42. The summed E-state index contributed by atoms with van der Waals surface area (Å²) in [6.07, 6.45) is 3.69. The first-order valence-corrected chi connectivity index (χ1v) is 4.27. The smallest absolute Gasteiger partial charge is 0.0861 e. The van der Waals surface area contributed by atoms with Crippen molar-refractivity contribution in [1.29, 1.82) is 0 Å². The van der Waals surface area contributed by atoms with Crippen LogP contribution < -0.4 is 0 Å². The maximum atomic E-state index is 4.42. The molecule has 62 valence electrons. The van der Waals surface area contributed by atoms with Crippen LogP contribution in [0.2, 0.25) is 0 Å². The van der Waals surface area contributed by atoms with Crippen LogP contribution >= 0.6 is 0 Å². The highest BCUT2D eigenvalue weighted by Gasteiger charge is 2.21. The lowest BCUT2D eigenvalue weighted by Crippen LogP contribution is -2.01. The van der Waals surface area contributed by atoms with Crippen LogP contribution in [0, 0.1) is 5.92 Å². The van der Waals surface area contributed by atoms with Gasteiger partial charge in [0.25, 0.3) is 0 Å². The molecule has 2 rings (SSSR count). The first-order chi connectivity index (χ1) is 5.79. The third kappa shape index (κ3) is 1.04. The molecule has 2 heteroatoms. The van der Waals surface area contributed by atoms with E-state index in [4.69, 9.17) is 0 Å². The Morgan fingerprint density at radius 1 is 1.42 bits per heavy atom. The predicted octanol–water partition coefficient (Wildman–Crippen LogP) is 2.21. The molecule has 0 radical (unpaired) electrons. The van der Waals surface area contributed by atoms with E-state index in [1.54, 1.807) is 0 Å². The second kappa shape index (κ2) is 2.70. The minimum atomic E-state index is 0.327. The summed E-state index contributed by atoms with van der Waals surface area (Å²) in [7, 11) is 0. The van der Waals surface area contributed by atoms with Crippen molar-refractivity contribution < 1.29 is 0 Å². The van der Waals surface area contributed by atoms with Crippen molar-refractivity contribution in [3.05, 3.63) is 29.6 Å². The monoisotopic (exact) mass is 160 g/mol. The summed E-state index contributed by atoms with van der Waals surface area (Å²) in [5.74, 6) is 0.562. The number of fused-ring (bicyclic) bond motifs is 1. The highest BCUT2D eigenvalue weighted by molar-refractivity contribution is 5.82. The van der Waals surface area contributed by atoms with Crippen LogP contribution in [0.3, 0.4) is 0 Å². The molecular formula is C10H12N2. The zero-order valence-electron chi connectivity index (χ0n) is 7.36. The fraction of sp³-hybridized carbons (Fsp3) is 0.400. The molecule has 2 nitrogen and oxygen atoms in total. The van der Waals surface area contributed by atoms with Crippen molar-refractivity contribution in [2.75, 3.05) is 0 Å². The van der Waals surface area contributed by atoms with Gasteiger partial charge in [-0.15, -0.1) is 0 Å². The summed E-state index contributed by atoms with van der Waals surface area (Å²) in [6.45, 7) is 4.37. The molecule has 0 fully saturated rings. The van der Waals surface area contributed by atoms with E-state index in [1.165, 1.54) is 5.56 Å². The number of aliphatic imine (C=N–C) groups is 1. The molecule has 12 heavy (non-hydrogen) atoms. The summed E-state index contributed by atoms with van der Waals surface area (Å²) in [6, 6.07) is 4.41. The lowest BCUT2D eigenvalue weighted by atomic mass is 9.98. The van der Waals surface area contributed by atoms with Crippen LogP contribution in [-0.4, -0.2) is 11.2 Å². The Bertz CT molecular complexity index is 315. The summed E-state index contributed by atoms with van der Waals surface area (Å²) in [5.41, 5.74) is 2.31. The van der Waals surface area contributed by atoms with Crippen molar-refractivity contribution in [1.82, 2.24) is 4.98 Å². The molecule has 2 heterocycles. The molecule has 0 saturated heterocycles. The zero-order chi connectivity index (χ0) is 8.55. The molecule has 0 amide bonds. The largest absolute Gasteiger partial charge is 0.282 e. The van der Waals surface area contributed by atoms with Crippen molar-refractivity contribution in [2.45, 2.75) is 19.9 Å². The second-order valence-corrected chi connectivity index (χ2v) is 3.44. The Morgan fingerprint density at radius 2 is 2.25 bits per heavy atom. The van der Waals surface area contributed by atoms with Crippen molar-refractivity contribution in [2.24, 2.45) is 10.9 Å². The van der Waals surface area contributed by atoms with Crippen LogP contribution in [0.5, 0.6) is 0 Å². The SMILES string of the molecule is CC(C)C1N=Cc2ncccc21. The molecule has 1 unspecified atom stereocenters. The lowest BCUT2D eigenvalue weighted by Gasteiger charge is -2.12. The fourth-order valence-corrected chi connectivity index (χ4v) is 1.55. The number of rotatable bonds is 1. The van der Waals surface area contributed by atoms with Gasteiger partial charge in [0.1, 0.15) is 0 Å². The molecule has 1 aliphatic heterocycles. The van der Waals surface area contributed by atoms with Gasteiger partial charge in [0, 0.05) is 18.0 Å². The third-order valence-corrected chi connectivity index (χ3v) is 2.18. The molecule has 0 bridgehead atoms. The van der Waals surface area contributed by atoms with Crippen molar-refractivity contribution in [3.63, 3.8) is 0 Å². The van der Waals surface area contributed by atoms with E-state index in [2.05, 4.69) is 29.9 Å². The van der Waals surface area contributed by atoms with Gasteiger partial charge in [-0.1, -0.05) is 19.9 Å². The number of nitrogens with zero attached hydrogens (tertiary/aromatic N) is 2. The van der Waals surface area contributed by atoms with Crippen LogP contribution in [0.1, 0.15) is 31.1 Å². The number of hydrogen-bond acceptors (Lipinski definition) is 2. The molecule has 0 saturated carbocycles. The van der Waals surface area contributed by atoms with E-state index in [-0.39, 0.29) is 0 Å². The number of hydrogen-bond donors (Lipinski definition) is 0. The molecule has 0 aliphatic carbocycles. The topological polar surface area (TPSA) is 25.2 Å².